The quantitative estimate of drug-likeness (QED) is 0.843. The lowest BCUT2D eigenvalue weighted by Crippen LogP contribution is -2.22. The molecule has 0 fully saturated rings. The fraction of sp³-hybridized carbons (Fsp3) is 0.714. The van der Waals surface area contributed by atoms with Crippen LogP contribution in [-0.4, -0.2) is 27.1 Å². The molecule has 0 saturated carbocycles. The highest BCUT2D eigenvalue weighted by Gasteiger charge is 2.36. The summed E-state index contributed by atoms with van der Waals surface area (Å²) in [5, 5.41) is 11.6. The molecule has 0 aliphatic rings. The Balaban J connectivity index is 2.68. The lowest BCUT2D eigenvalue weighted by Gasteiger charge is -2.11. The zero-order valence-electron chi connectivity index (χ0n) is 7.88. The molecule has 0 aliphatic carbocycles. The number of hydrogen-bond donors (Lipinski definition) is 2. The Morgan fingerprint density at radius 2 is 2.20 bits per heavy atom. The molecular weight excluding hydrogens is 231 g/mol. The highest BCUT2D eigenvalue weighted by Crippen LogP contribution is 2.29. The molecule has 1 rings (SSSR count). The van der Waals surface area contributed by atoms with Crippen LogP contribution in [-0.2, 0) is 6.18 Å². The molecule has 8 heteroatoms. The molecule has 0 bridgehead atoms. The van der Waals surface area contributed by atoms with Gasteiger partial charge in [-0.1, -0.05) is 6.92 Å². The van der Waals surface area contributed by atoms with E-state index < -0.39 is 12.0 Å². The van der Waals surface area contributed by atoms with Crippen LogP contribution in [0.5, 0.6) is 0 Å². The van der Waals surface area contributed by atoms with Crippen LogP contribution in [0.25, 0.3) is 0 Å². The maximum absolute atomic E-state index is 12.1. The molecule has 0 spiro atoms. The Kier molecular flexibility index (Phi) is 3.86. The van der Waals surface area contributed by atoms with Gasteiger partial charge in [-0.15, -0.1) is 0 Å². The van der Waals surface area contributed by atoms with E-state index in [4.69, 9.17) is 5.11 Å². The molecule has 1 heterocycles. The normalized spacial score (nSPS) is 13.9. The molecule has 0 aliphatic heterocycles. The fourth-order valence-electron chi connectivity index (χ4n) is 0.849. The highest BCUT2D eigenvalue weighted by molar-refractivity contribution is 7.09. The van der Waals surface area contributed by atoms with Crippen LogP contribution in [0.2, 0.25) is 0 Å². The van der Waals surface area contributed by atoms with Crippen molar-refractivity contribution in [2.45, 2.75) is 25.6 Å². The third-order valence-corrected chi connectivity index (χ3v) is 2.37. The number of nitrogens with zero attached hydrogens (tertiary/aromatic N) is 2. The maximum Gasteiger partial charge on any atom is 0.452 e. The maximum atomic E-state index is 12.1. The Labute approximate surface area is 88.3 Å². The number of nitrogens with one attached hydrogen (secondary N) is 1. The summed E-state index contributed by atoms with van der Waals surface area (Å²) in [6.07, 6.45) is -3.92. The molecule has 1 aromatic heterocycles. The summed E-state index contributed by atoms with van der Waals surface area (Å²) in [5.41, 5.74) is 0. The summed E-state index contributed by atoms with van der Waals surface area (Å²) >= 11 is 0.632. The molecule has 1 aromatic rings. The van der Waals surface area contributed by atoms with Crippen LogP contribution in [0, 0.1) is 0 Å². The largest absolute Gasteiger partial charge is 0.452 e. The molecule has 0 aromatic carbocycles. The van der Waals surface area contributed by atoms with Crippen LogP contribution in [0.4, 0.5) is 18.3 Å². The fourth-order valence-corrected chi connectivity index (χ4v) is 1.51. The number of hydrogen-bond acceptors (Lipinski definition) is 5. The van der Waals surface area contributed by atoms with Crippen LogP contribution in [0.15, 0.2) is 0 Å². The number of aliphatic hydroxyl groups is 1. The van der Waals surface area contributed by atoms with Gasteiger partial charge in [0.2, 0.25) is 11.0 Å². The monoisotopic (exact) mass is 241 g/mol. The second-order valence-electron chi connectivity index (χ2n) is 2.85. The van der Waals surface area contributed by atoms with Gasteiger partial charge in [0, 0.05) is 11.5 Å². The van der Waals surface area contributed by atoms with Crippen molar-refractivity contribution in [2.75, 3.05) is 11.9 Å². The first kappa shape index (κ1) is 12.2. The number of rotatable bonds is 4. The van der Waals surface area contributed by atoms with Crippen molar-refractivity contribution >= 4 is 16.7 Å². The molecule has 15 heavy (non-hydrogen) atoms. The predicted octanol–water partition coefficient (Wildman–Crippen LogP) is 1.74. The van der Waals surface area contributed by atoms with Gasteiger partial charge in [-0.05, 0) is 6.42 Å². The van der Waals surface area contributed by atoms with Crippen molar-refractivity contribution in [3.63, 3.8) is 0 Å². The highest BCUT2D eigenvalue weighted by atomic mass is 32.1. The average Bonchev–Trinajstić information content (AvgIpc) is 2.61. The topological polar surface area (TPSA) is 58.0 Å². The second kappa shape index (κ2) is 4.75. The first-order valence-corrected chi connectivity index (χ1v) is 5.03. The third kappa shape index (κ3) is 3.31. The molecule has 0 radical (unpaired) electrons. The van der Waals surface area contributed by atoms with Crippen molar-refractivity contribution in [2.24, 2.45) is 0 Å². The van der Waals surface area contributed by atoms with Gasteiger partial charge in [-0.2, -0.15) is 22.5 Å². The Hall–Kier alpha value is -0.890. The van der Waals surface area contributed by atoms with Gasteiger partial charge in [0.25, 0.3) is 0 Å². The lowest BCUT2D eigenvalue weighted by molar-refractivity contribution is -0.144. The van der Waals surface area contributed by atoms with Gasteiger partial charge in [0.1, 0.15) is 0 Å². The molecule has 86 valence electrons. The average molecular weight is 241 g/mol. The lowest BCUT2D eigenvalue weighted by atomic mass is 10.2. The third-order valence-electron chi connectivity index (χ3n) is 1.72. The summed E-state index contributed by atoms with van der Waals surface area (Å²) in [4.78, 5) is 3.28. The summed E-state index contributed by atoms with van der Waals surface area (Å²) in [6.45, 7) is 1.65. The first-order chi connectivity index (χ1) is 6.97. The minimum Gasteiger partial charge on any atom is -0.394 e. The van der Waals surface area contributed by atoms with E-state index >= 15 is 0 Å². The molecule has 4 nitrogen and oxygen atoms in total. The number of halogens is 3. The molecule has 2 N–H and O–H groups in total. The van der Waals surface area contributed by atoms with Gasteiger partial charge in [-0.25, -0.2) is 0 Å². The van der Waals surface area contributed by atoms with E-state index in [0.29, 0.717) is 18.0 Å². The first-order valence-electron chi connectivity index (χ1n) is 4.25. The van der Waals surface area contributed by atoms with Crippen molar-refractivity contribution in [3.8, 4) is 0 Å². The van der Waals surface area contributed by atoms with Crippen LogP contribution in [0.3, 0.4) is 0 Å². The van der Waals surface area contributed by atoms with Crippen molar-refractivity contribution in [3.05, 3.63) is 5.82 Å². The summed E-state index contributed by atoms with van der Waals surface area (Å²) in [6, 6.07) is -0.293. The number of aliphatic hydroxyl groups excluding tert-OH is 1. The van der Waals surface area contributed by atoms with Crippen LogP contribution >= 0.6 is 11.5 Å². The smallest absolute Gasteiger partial charge is 0.394 e. The van der Waals surface area contributed by atoms with Crippen molar-refractivity contribution < 1.29 is 18.3 Å². The Morgan fingerprint density at radius 1 is 1.53 bits per heavy atom. The van der Waals surface area contributed by atoms with Gasteiger partial charge < -0.3 is 10.4 Å². The van der Waals surface area contributed by atoms with E-state index in [1.54, 1.807) is 6.92 Å². The van der Waals surface area contributed by atoms with Crippen molar-refractivity contribution in [1.29, 1.82) is 0 Å². The Morgan fingerprint density at radius 3 is 2.60 bits per heavy atom. The SMILES string of the molecule is CCC(CO)Nc1nc(C(F)(F)F)ns1. The molecule has 0 saturated heterocycles. The minimum atomic E-state index is -4.52. The molecule has 0 amide bonds. The van der Waals surface area contributed by atoms with E-state index in [-0.39, 0.29) is 17.8 Å². The van der Waals surface area contributed by atoms with Gasteiger partial charge in [0.05, 0.1) is 12.6 Å². The standard InChI is InChI=1S/C7H10F3N3OS/c1-2-4(3-14)11-6-12-5(13-15-6)7(8,9)10/h4,14H,2-3H2,1H3,(H,11,12,13). The zero-order valence-corrected chi connectivity index (χ0v) is 8.69. The van der Waals surface area contributed by atoms with Gasteiger partial charge >= 0.3 is 6.18 Å². The second-order valence-corrected chi connectivity index (χ2v) is 3.60. The molecular formula is C7H10F3N3OS. The summed E-state index contributed by atoms with van der Waals surface area (Å²) in [5.74, 6) is -1.15. The van der Waals surface area contributed by atoms with E-state index in [1.165, 1.54) is 0 Å². The van der Waals surface area contributed by atoms with Crippen LogP contribution in [0.1, 0.15) is 19.2 Å². The number of alkyl halides is 3. The minimum absolute atomic E-state index is 0.0724. The molecule has 1 atom stereocenters. The van der Waals surface area contributed by atoms with E-state index in [2.05, 4.69) is 14.7 Å². The van der Waals surface area contributed by atoms with E-state index in [1.807, 2.05) is 0 Å². The van der Waals surface area contributed by atoms with E-state index in [0.717, 1.165) is 0 Å². The van der Waals surface area contributed by atoms with Gasteiger partial charge in [0.15, 0.2) is 0 Å². The number of anilines is 1. The van der Waals surface area contributed by atoms with Gasteiger partial charge in [-0.3, -0.25) is 0 Å². The molecule has 1 unspecified atom stereocenters. The zero-order chi connectivity index (χ0) is 11.5. The Bertz CT molecular complexity index is 311. The predicted molar refractivity (Wildman–Crippen MR) is 49.7 cm³/mol. The number of aromatic nitrogens is 2. The van der Waals surface area contributed by atoms with E-state index in [9.17, 15) is 13.2 Å². The summed E-state index contributed by atoms with van der Waals surface area (Å²) < 4.78 is 39.5. The summed E-state index contributed by atoms with van der Waals surface area (Å²) in [7, 11) is 0. The van der Waals surface area contributed by atoms with Crippen molar-refractivity contribution in [1.82, 2.24) is 9.36 Å². The van der Waals surface area contributed by atoms with Crippen LogP contribution < -0.4 is 5.32 Å².